The van der Waals surface area contributed by atoms with E-state index in [1.54, 1.807) is 12.1 Å². The van der Waals surface area contributed by atoms with Crippen LogP contribution in [0.4, 0.5) is 0 Å². The molecule has 2 rings (SSSR count). The average Bonchev–Trinajstić information content (AvgIpc) is 2.41. The second kappa shape index (κ2) is 6.41. The Bertz CT molecular complexity index is 686. The lowest BCUT2D eigenvalue weighted by Gasteiger charge is -2.12. The third-order valence-corrected chi connectivity index (χ3v) is 4.98. The van der Waals surface area contributed by atoms with Crippen LogP contribution in [-0.2, 0) is 15.6 Å². The van der Waals surface area contributed by atoms with Gasteiger partial charge in [-0.1, -0.05) is 59.7 Å². The van der Waals surface area contributed by atoms with Gasteiger partial charge < -0.3 is 5.11 Å². The molecule has 1 atom stereocenters. The normalized spacial score (nSPS) is 13.1. The number of aliphatic hydroxyl groups is 1. The summed E-state index contributed by atoms with van der Waals surface area (Å²) in [5.41, 5.74) is 3.55. The van der Waals surface area contributed by atoms with E-state index in [4.69, 9.17) is 0 Å². The fourth-order valence-corrected chi connectivity index (χ4v) is 3.61. The summed E-state index contributed by atoms with van der Waals surface area (Å²) in [5, 5.41) is 10.1. The topological polar surface area (TPSA) is 54.4 Å². The van der Waals surface area contributed by atoms with Gasteiger partial charge in [-0.25, -0.2) is 8.42 Å². The van der Waals surface area contributed by atoms with Gasteiger partial charge in [-0.2, -0.15) is 0 Å². The fraction of sp³-hybridized carbons (Fsp3) is 0.294. The first kappa shape index (κ1) is 15.7. The molecule has 0 bridgehead atoms. The standard InChI is InChI=1S/C17H20O3S/c1-13-3-7-15(8-4-13)11-21(19,20)12-17(18)16-9-5-14(2)6-10-16/h3-10,17-18H,11-12H2,1-2H3. The van der Waals surface area contributed by atoms with Gasteiger partial charge in [0.2, 0.25) is 0 Å². The highest BCUT2D eigenvalue weighted by Crippen LogP contribution is 2.18. The second-order valence-corrected chi connectivity index (χ2v) is 7.58. The first-order valence-electron chi connectivity index (χ1n) is 6.86. The first-order chi connectivity index (χ1) is 9.85. The predicted molar refractivity (Wildman–Crippen MR) is 84.8 cm³/mol. The van der Waals surface area contributed by atoms with Crippen LogP contribution >= 0.6 is 0 Å². The number of hydrogen-bond acceptors (Lipinski definition) is 3. The highest BCUT2D eigenvalue weighted by atomic mass is 32.2. The fourth-order valence-electron chi connectivity index (χ4n) is 2.12. The maximum absolute atomic E-state index is 12.2. The van der Waals surface area contributed by atoms with Crippen LogP contribution in [0.3, 0.4) is 0 Å². The Balaban J connectivity index is 2.06. The highest BCUT2D eigenvalue weighted by molar-refractivity contribution is 7.90. The Kier molecular flexibility index (Phi) is 4.80. The zero-order chi connectivity index (χ0) is 15.5. The van der Waals surface area contributed by atoms with Gasteiger partial charge in [-0.15, -0.1) is 0 Å². The van der Waals surface area contributed by atoms with E-state index in [9.17, 15) is 13.5 Å². The van der Waals surface area contributed by atoms with Gasteiger partial charge >= 0.3 is 0 Å². The molecule has 2 aromatic rings. The lowest BCUT2D eigenvalue weighted by molar-refractivity contribution is 0.201. The van der Waals surface area contributed by atoms with Crippen LogP contribution in [0.1, 0.15) is 28.4 Å². The van der Waals surface area contributed by atoms with E-state index in [0.717, 1.165) is 16.7 Å². The molecule has 0 spiro atoms. The molecule has 0 saturated carbocycles. The maximum Gasteiger partial charge on any atom is 0.157 e. The SMILES string of the molecule is Cc1ccc(CS(=O)(=O)CC(O)c2ccc(C)cc2)cc1. The minimum Gasteiger partial charge on any atom is -0.387 e. The molecule has 4 heteroatoms. The summed E-state index contributed by atoms with van der Waals surface area (Å²) >= 11 is 0. The van der Waals surface area contributed by atoms with Crippen LogP contribution < -0.4 is 0 Å². The van der Waals surface area contributed by atoms with Crippen molar-refractivity contribution in [1.29, 1.82) is 0 Å². The molecule has 0 saturated heterocycles. The zero-order valence-electron chi connectivity index (χ0n) is 12.3. The molecule has 0 aliphatic heterocycles. The molecular formula is C17H20O3S. The monoisotopic (exact) mass is 304 g/mol. The van der Waals surface area contributed by atoms with Crippen LogP contribution in [-0.4, -0.2) is 19.3 Å². The molecule has 3 nitrogen and oxygen atoms in total. The number of benzene rings is 2. The van der Waals surface area contributed by atoms with E-state index in [1.807, 2.05) is 50.2 Å². The minimum absolute atomic E-state index is 0.0454. The molecule has 0 amide bonds. The lowest BCUT2D eigenvalue weighted by atomic mass is 10.1. The van der Waals surface area contributed by atoms with Crippen molar-refractivity contribution in [3.8, 4) is 0 Å². The molecule has 112 valence electrons. The highest BCUT2D eigenvalue weighted by Gasteiger charge is 2.19. The largest absolute Gasteiger partial charge is 0.387 e. The van der Waals surface area contributed by atoms with Crippen molar-refractivity contribution in [1.82, 2.24) is 0 Å². The van der Waals surface area contributed by atoms with Crippen LogP contribution in [0, 0.1) is 13.8 Å². The summed E-state index contributed by atoms with van der Waals surface area (Å²) in [7, 11) is -3.35. The summed E-state index contributed by atoms with van der Waals surface area (Å²) < 4.78 is 24.4. The molecule has 21 heavy (non-hydrogen) atoms. The Morgan fingerprint density at radius 3 is 1.90 bits per heavy atom. The van der Waals surface area contributed by atoms with Gasteiger partial charge in [0.05, 0.1) is 17.6 Å². The van der Waals surface area contributed by atoms with Crippen LogP contribution in [0.25, 0.3) is 0 Å². The lowest BCUT2D eigenvalue weighted by Crippen LogP contribution is -2.16. The van der Waals surface area contributed by atoms with E-state index in [0.29, 0.717) is 5.56 Å². The number of aliphatic hydroxyl groups excluding tert-OH is 1. The molecule has 2 aromatic carbocycles. The van der Waals surface area contributed by atoms with Crippen molar-refractivity contribution in [2.45, 2.75) is 25.7 Å². The third kappa shape index (κ3) is 4.69. The van der Waals surface area contributed by atoms with Crippen molar-refractivity contribution >= 4 is 9.84 Å². The van der Waals surface area contributed by atoms with E-state index in [-0.39, 0.29) is 11.5 Å². The molecule has 0 aliphatic carbocycles. The molecule has 1 unspecified atom stereocenters. The number of sulfone groups is 1. The Morgan fingerprint density at radius 2 is 1.38 bits per heavy atom. The molecule has 0 aliphatic rings. The number of aryl methyl sites for hydroxylation is 2. The van der Waals surface area contributed by atoms with Crippen LogP contribution in [0.2, 0.25) is 0 Å². The number of hydrogen-bond donors (Lipinski definition) is 1. The Labute approximate surface area is 126 Å². The molecule has 0 aromatic heterocycles. The number of rotatable bonds is 5. The summed E-state index contributed by atoms with van der Waals surface area (Å²) in [6.45, 7) is 3.91. The van der Waals surface area contributed by atoms with Gasteiger partial charge in [0, 0.05) is 0 Å². The van der Waals surface area contributed by atoms with Gasteiger partial charge in [0.15, 0.2) is 9.84 Å². The predicted octanol–water partition coefficient (Wildman–Crippen LogP) is 2.95. The van der Waals surface area contributed by atoms with Crippen molar-refractivity contribution in [3.63, 3.8) is 0 Å². The van der Waals surface area contributed by atoms with E-state index >= 15 is 0 Å². The second-order valence-electron chi connectivity index (χ2n) is 5.47. The summed E-state index contributed by atoms with van der Waals surface area (Å²) in [5.74, 6) is -0.305. The van der Waals surface area contributed by atoms with Crippen molar-refractivity contribution < 1.29 is 13.5 Å². The Hall–Kier alpha value is -1.65. The molecule has 0 fully saturated rings. The van der Waals surface area contributed by atoms with Gasteiger partial charge in [0.1, 0.15) is 0 Å². The van der Waals surface area contributed by atoms with Gasteiger partial charge in [0.25, 0.3) is 0 Å². The quantitative estimate of drug-likeness (QED) is 0.924. The van der Waals surface area contributed by atoms with E-state index in [2.05, 4.69) is 0 Å². The van der Waals surface area contributed by atoms with Crippen molar-refractivity contribution in [2.24, 2.45) is 0 Å². The molecule has 0 radical (unpaired) electrons. The third-order valence-electron chi connectivity index (χ3n) is 3.38. The summed E-state index contributed by atoms with van der Waals surface area (Å²) in [6, 6.07) is 14.7. The van der Waals surface area contributed by atoms with Crippen LogP contribution in [0.15, 0.2) is 48.5 Å². The van der Waals surface area contributed by atoms with Gasteiger partial charge in [-0.3, -0.25) is 0 Å². The molecular weight excluding hydrogens is 284 g/mol. The van der Waals surface area contributed by atoms with Crippen molar-refractivity contribution in [2.75, 3.05) is 5.75 Å². The molecule has 0 heterocycles. The minimum atomic E-state index is -3.35. The van der Waals surface area contributed by atoms with Gasteiger partial charge in [-0.05, 0) is 25.0 Å². The van der Waals surface area contributed by atoms with Crippen LogP contribution in [0.5, 0.6) is 0 Å². The average molecular weight is 304 g/mol. The first-order valence-corrected chi connectivity index (χ1v) is 8.68. The summed E-state index contributed by atoms with van der Waals surface area (Å²) in [4.78, 5) is 0. The zero-order valence-corrected chi connectivity index (χ0v) is 13.1. The summed E-state index contributed by atoms with van der Waals surface area (Å²) in [6.07, 6.45) is -0.985. The Morgan fingerprint density at radius 1 is 0.905 bits per heavy atom. The maximum atomic E-state index is 12.2. The molecule has 1 N–H and O–H groups in total. The smallest absolute Gasteiger partial charge is 0.157 e. The van der Waals surface area contributed by atoms with E-state index < -0.39 is 15.9 Å². The van der Waals surface area contributed by atoms with E-state index in [1.165, 1.54) is 0 Å². The van der Waals surface area contributed by atoms with Crippen molar-refractivity contribution in [3.05, 3.63) is 70.8 Å².